The third-order valence-electron chi connectivity index (χ3n) is 2.88. The van der Waals surface area contributed by atoms with Gasteiger partial charge in [-0.3, -0.25) is 4.68 Å². The predicted octanol–water partition coefficient (Wildman–Crippen LogP) is 4.28. The molecule has 0 aliphatic heterocycles. The molecule has 0 N–H and O–H groups in total. The van der Waals surface area contributed by atoms with Crippen molar-refractivity contribution in [2.24, 2.45) is 0 Å². The number of pyridine rings is 1. The lowest BCUT2D eigenvalue weighted by atomic mass is 10.3. The Morgan fingerprint density at radius 2 is 2.00 bits per heavy atom. The minimum absolute atomic E-state index is 0.880. The van der Waals surface area contributed by atoms with E-state index in [-0.39, 0.29) is 0 Å². The molecule has 3 nitrogen and oxygen atoms in total. The second-order valence-corrected chi connectivity index (χ2v) is 6.36. The molecule has 19 heavy (non-hydrogen) atoms. The summed E-state index contributed by atoms with van der Waals surface area (Å²) in [5.74, 6) is 0.880. The van der Waals surface area contributed by atoms with E-state index in [1.165, 1.54) is 11.3 Å². The summed E-state index contributed by atoms with van der Waals surface area (Å²) in [5.41, 5.74) is 4.60. The Labute approximate surface area is 126 Å². The Hall–Kier alpha value is -0.810. The molecule has 2 rings (SSSR count). The third kappa shape index (κ3) is 3.39. The van der Waals surface area contributed by atoms with E-state index in [9.17, 15) is 0 Å². The fraction of sp³-hybridized carbons (Fsp3) is 0.429. The number of aromatic nitrogens is 3. The lowest BCUT2D eigenvalue weighted by Crippen LogP contribution is -2.02. The maximum absolute atomic E-state index is 4.56. The van der Waals surface area contributed by atoms with E-state index < -0.39 is 0 Å². The summed E-state index contributed by atoms with van der Waals surface area (Å²) in [7, 11) is 0. The first-order chi connectivity index (χ1) is 9.01. The van der Waals surface area contributed by atoms with Crippen molar-refractivity contribution in [3.8, 4) is 0 Å². The summed E-state index contributed by atoms with van der Waals surface area (Å²) in [4.78, 5) is 4.56. The molecular weight excluding hydrogens is 322 g/mol. The van der Waals surface area contributed by atoms with Gasteiger partial charge in [0.15, 0.2) is 0 Å². The molecule has 0 amide bonds. The van der Waals surface area contributed by atoms with Crippen molar-refractivity contribution in [3.63, 3.8) is 0 Å². The van der Waals surface area contributed by atoms with Gasteiger partial charge in [0, 0.05) is 18.0 Å². The van der Waals surface area contributed by atoms with Crippen molar-refractivity contribution in [3.05, 3.63) is 39.3 Å². The van der Waals surface area contributed by atoms with Crippen molar-refractivity contribution < 1.29 is 0 Å². The molecule has 2 aromatic rings. The van der Waals surface area contributed by atoms with Crippen LogP contribution in [-0.2, 0) is 12.3 Å². The average molecular weight is 340 g/mol. The Balaban J connectivity index is 2.18. The van der Waals surface area contributed by atoms with E-state index in [4.69, 9.17) is 0 Å². The molecule has 0 bridgehead atoms. The molecule has 0 fully saturated rings. The summed E-state index contributed by atoms with van der Waals surface area (Å²) >= 11 is 5.38. The molecule has 2 aromatic heterocycles. The quantitative estimate of drug-likeness (QED) is 0.779. The molecule has 0 aromatic carbocycles. The lowest BCUT2D eigenvalue weighted by molar-refractivity contribution is 0.631. The maximum atomic E-state index is 4.56. The molecule has 0 saturated heterocycles. The van der Waals surface area contributed by atoms with Gasteiger partial charge < -0.3 is 0 Å². The Morgan fingerprint density at radius 1 is 1.26 bits per heavy atom. The van der Waals surface area contributed by atoms with E-state index in [0.717, 1.165) is 33.2 Å². The van der Waals surface area contributed by atoms with Crippen molar-refractivity contribution in [2.45, 2.75) is 45.0 Å². The van der Waals surface area contributed by atoms with Gasteiger partial charge in [-0.2, -0.15) is 5.10 Å². The zero-order valence-corrected chi connectivity index (χ0v) is 14.1. The summed E-state index contributed by atoms with van der Waals surface area (Å²) in [6.07, 6.45) is 0. The Morgan fingerprint density at radius 3 is 2.63 bits per heavy atom. The van der Waals surface area contributed by atoms with Crippen LogP contribution in [0.3, 0.4) is 0 Å². The summed E-state index contributed by atoms with van der Waals surface area (Å²) in [5, 5.41) is 5.59. The van der Waals surface area contributed by atoms with Gasteiger partial charge in [-0.25, -0.2) is 4.98 Å². The number of hydrogen-bond acceptors (Lipinski definition) is 3. The molecule has 0 unspecified atom stereocenters. The second-order valence-electron chi connectivity index (χ2n) is 4.57. The molecule has 0 radical (unpaired) electrons. The molecule has 102 valence electrons. The van der Waals surface area contributed by atoms with E-state index in [1.54, 1.807) is 11.8 Å². The van der Waals surface area contributed by atoms with Crippen LogP contribution >= 0.6 is 27.7 Å². The number of rotatable bonds is 4. The van der Waals surface area contributed by atoms with Crippen LogP contribution in [0.5, 0.6) is 0 Å². The molecule has 0 aliphatic carbocycles. The predicted molar refractivity (Wildman–Crippen MR) is 83.6 cm³/mol. The topological polar surface area (TPSA) is 30.7 Å². The van der Waals surface area contributed by atoms with Gasteiger partial charge in [0.2, 0.25) is 0 Å². The van der Waals surface area contributed by atoms with Gasteiger partial charge in [-0.15, -0.1) is 0 Å². The molecule has 2 heterocycles. The van der Waals surface area contributed by atoms with Crippen LogP contribution in [0.4, 0.5) is 0 Å². The number of nitrogens with zero attached hydrogens (tertiary/aromatic N) is 3. The monoisotopic (exact) mass is 339 g/mol. The fourth-order valence-electron chi connectivity index (χ4n) is 2.03. The Kier molecular flexibility index (Phi) is 4.68. The van der Waals surface area contributed by atoms with Gasteiger partial charge >= 0.3 is 0 Å². The smallest absolute Gasteiger partial charge is 0.0969 e. The van der Waals surface area contributed by atoms with Gasteiger partial charge in [0.1, 0.15) is 0 Å². The minimum Gasteiger partial charge on any atom is -0.268 e. The number of halogens is 1. The van der Waals surface area contributed by atoms with E-state index in [2.05, 4.69) is 56.7 Å². The fourth-order valence-corrected chi connectivity index (χ4v) is 3.69. The first-order valence-corrected chi connectivity index (χ1v) is 8.09. The van der Waals surface area contributed by atoms with Crippen LogP contribution < -0.4 is 0 Å². The zero-order chi connectivity index (χ0) is 14.0. The highest BCUT2D eigenvalue weighted by molar-refractivity contribution is 9.10. The van der Waals surface area contributed by atoms with Crippen LogP contribution in [0.25, 0.3) is 0 Å². The van der Waals surface area contributed by atoms with Crippen molar-refractivity contribution >= 4 is 27.7 Å². The first-order valence-electron chi connectivity index (χ1n) is 6.31. The summed E-state index contributed by atoms with van der Waals surface area (Å²) < 4.78 is 3.17. The zero-order valence-electron chi connectivity index (χ0n) is 11.7. The average Bonchev–Trinajstić information content (AvgIpc) is 2.62. The number of aryl methyl sites for hydroxylation is 4. The number of thioether (sulfide) groups is 1. The van der Waals surface area contributed by atoms with Crippen LogP contribution in [0.1, 0.15) is 29.6 Å². The van der Waals surface area contributed by atoms with E-state index >= 15 is 0 Å². The highest BCUT2D eigenvalue weighted by atomic mass is 79.9. The van der Waals surface area contributed by atoms with Crippen molar-refractivity contribution in [2.75, 3.05) is 0 Å². The van der Waals surface area contributed by atoms with Gasteiger partial charge in [0.05, 0.1) is 20.9 Å². The lowest BCUT2D eigenvalue weighted by Gasteiger charge is -2.06. The normalized spacial score (nSPS) is 11.0. The van der Waals surface area contributed by atoms with Gasteiger partial charge in [-0.05, 0) is 61.3 Å². The van der Waals surface area contributed by atoms with Crippen LogP contribution in [0, 0.1) is 20.8 Å². The van der Waals surface area contributed by atoms with Crippen LogP contribution in [0.2, 0.25) is 0 Å². The number of hydrogen-bond donors (Lipinski definition) is 0. The summed E-state index contributed by atoms with van der Waals surface area (Å²) in [6.45, 7) is 9.17. The first kappa shape index (κ1) is 14.6. The van der Waals surface area contributed by atoms with Gasteiger partial charge in [0.25, 0.3) is 0 Å². The second kappa shape index (κ2) is 6.09. The molecule has 0 aliphatic rings. The van der Waals surface area contributed by atoms with Crippen molar-refractivity contribution in [1.82, 2.24) is 14.8 Å². The minimum atomic E-state index is 0.880. The highest BCUT2D eigenvalue weighted by Crippen LogP contribution is 2.28. The summed E-state index contributed by atoms with van der Waals surface area (Å²) in [6, 6.07) is 4.23. The SMILES string of the molecule is CCn1nc(C)c(Br)c1CSc1cc(C)cc(C)n1. The third-order valence-corrected chi connectivity index (χ3v) is 4.84. The van der Waals surface area contributed by atoms with Crippen molar-refractivity contribution in [1.29, 1.82) is 0 Å². The maximum Gasteiger partial charge on any atom is 0.0969 e. The van der Waals surface area contributed by atoms with E-state index in [0.29, 0.717) is 0 Å². The molecule has 0 atom stereocenters. The standard InChI is InChI=1S/C14H18BrN3S/c1-5-18-12(14(15)11(4)17-18)8-19-13-7-9(2)6-10(3)16-13/h6-7H,5,8H2,1-4H3. The molecule has 5 heteroatoms. The Bertz CT molecular complexity index is 572. The molecular formula is C14H18BrN3S. The van der Waals surface area contributed by atoms with Crippen LogP contribution in [0.15, 0.2) is 21.6 Å². The van der Waals surface area contributed by atoms with E-state index in [1.807, 2.05) is 13.8 Å². The molecule has 0 saturated carbocycles. The van der Waals surface area contributed by atoms with Crippen LogP contribution in [-0.4, -0.2) is 14.8 Å². The van der Waals surface area contributed by atoms with Gasteiger partial charge in [-0.1, -0.05) is 11.8 Å². The molecule has 0 spiro atoms. The largest absolute Gasteiger partial charge is 0.268 e. The highest BCUT2D eigenvalue weighted by Gasteiger charge is 2.12.